The molecule has 142 valence electrons. The maximum absolute atomic E-state index is 10.0. The molecule has 1 saturated carbocycles. The van der Waals surface area contributed by atoms with Crippen LogP contribution in [0.5, 0.6) is 0 Å². The number of aliphatic hydroxyl groups excluding tert-OH is 1. The van der Waals surface area contributed by atoms with Crippen LogP contribution in [0.4, 0.5) is 0 Å². The van der Waals surface area contributed by atoms with E-state index in [9.17, 15) is 5.11 Å². The van der Waals surface area contributed by atoms with Crippen LogP contribution in [-0.2, 0) is 0 Å². The van der Waals surface area contributed by atoms with E-state index in [4.69, 9.17) is 4.99 Å². The van der Waals surface area contributed by atoms with Gasteiger partial charge in [-0.15, -0.1) is 24.0 Å². The summed E-state index contributed by atoms with van der Waals surface area (Å²) in [5.74, 6) is 1.95. The maximum atomic E-state index is 10.0. The highest BCUT2D eigenvalue weighted by molar-refractivity contribution is 14.0. The van der Waals surface area contributed by atoms with Crippen LogP contribution in [0.3, 0.4) is 0 Å². The zero-order valence-electron chi connectivity index (χ0n) is 15.3. The van der Waals surface area contributed by atoms with Crippen molar-refractivity contribution in [1.29, 1.82) is 0 Å². The van der Waals surface area contributed by atoms with Crippen molar-refractivity contribution in [3.05, 3.63) is 18.7 Å². The van der Waals surface area contributed by atoms with E-state index < -0.39 is 0 Å². The average Bonchev–Trinajstić information content (AvgIpc) is 3.24. The molecule has 0 spiro atoms. The van der Waals surface area contributed by atoms with Crippen LogP contribution in [-0.4, -0.2) is 57.8 Å². The third-order valence-corrected chi connectivity index (χ3v) is 5.56. The van der Waals surface area contributed by atoms with Crippen LogP contribution in [0.15, 0.2) is 23.7 Å². The summed E-state index contributed by atoms with van der Waals surface area (Å²) in [6.07, 6.45) is 9.97. The number of piperidine rings is 1. The first-order valence-electron chi connectivity index (χ1n) is 9.37. The van der Waals surface area contributed by atoms with E-state index in [0.29, 0.717) is 17.9 Å². The topological polar surface area (TPSA) is 65.7 Å². The van der Waals surface area contributed by atoms with E-state index in [-0.39, 0.29) is 30.1 Å². The number of guanidine groups is 1. The smallest absolute Gasteiger partial charge is 0.193 e. The van der Waals surface area contributed by atoms with Crippen molar-refractivity contribution in [2.75, 3.05) is 26.2 Å². The van der Waals surface area contributed by atoms with Crippen LogP contribution < -0.4 is 5.32 Å². The Morgan fingerprint density at radius 1 is 1.36 bits per heavy atom. The lowest BCUT2D eigenvalue weighted by Crippen LogP contribution is -2.49. The summed E-state index contributed by atoms with van der Waals surface area (Å²) in [5, 5.41) is 13.5. The first-order valence-corrected chi connectivity index (χ1v) is 9.37. The molecule has 1 saturated heterocycles. The van der Waals surface area contributed by atoms with Gasteiger partial charge in [0, 0.05) is 44.5 Å². The highest BCUT2D eigenvalue weighted by Gasteiger charge is 2.30. The number of aromatic nitrogens is 2. The second-order valence-corrected chi connectivity index (χ2v) is 7.24. The SMILES string of the molecule is CCNC(=NCC1CCCC1O)N1CCC(C)C(n2ccnc2)C1.I. The molecule has 1 aliphatic heterocycles. The Bertz CT molecular complexity index is 536. The van der Waals surface area contributed by atoms with Crippen LogP contribution >= 0.6 is 24.0 Å². The average molecular weight is 461 g/mol. The first kappa shape index (κ1) is 20.5. The molecule has 4 unspecified atom stereocenters. The number of imidazole rings is 1. The summed E-state index contributed by atoms with van der Waals surface area (Å²) in [4.78, 5) is 11.4. The van der Waals surface area contributed by atoms with Gasteiger partial charge in [-0.25, -0.2) is 4.98 Å². The Kier molecular flexibility index (Phi) is 7.99. The van der Waals surface area contributed by atoms with Crippen molar-refractivity contribution in [3.8, 4) is 0 Å². The summed E-state index contributed by atoms with van der Waals surface area (Å²) in [7, 11) is 0. The summed E-state index contributed by atoms with van der Waals surface area (Å²) >= 11 is 0. The fourth-order valence-corrected chi connectivity index (χ4v) is 3.95. The fourth-order valence-electron chi connectivity index (χ4n) is 3.95. The number of halogens is 1. The van der Waals surface area contributed by atoms with Gasteiger partial charge >= 0.3 is 0 Å². The van der Waals surface area contributed by atoms with Gasteiger partial charge in [-0.05, 0) is 32.1 Å². The second kappa shape index (κ2) is 9.75. The highest BCUT2D eigenvalue weighted by atomic mass is 127. The second-order valence-electron chi connectivity index (χ2n) is 7.24. The van der Waals surface area contributed by atoms with Crippen LogP contribution in [0.2, 0.25) is 0 Å². The molecule has 2 N–H and O–H groups in total. The molecule has 7 heteroatoms. The number of nitrogens with one attached hydrogen (secondary N) is 1. The van der Waals surface area contributed by atoms with Crippen molar-refractivity contribution in [2.24, 2.45) is 16.8 Å². The van der Waals surface area contributed by atoms with Gasteiger partial charge in [0.05, 0.1) is 18.5 Å². The van der Waals surface area contributed by atoms with E-state index in [2.05, 4.69) is 39.8 Å². The van der Waals surface area contributed by atoms with E-state index in [1.807, 2.05) is 12.5 Å². The number of hydrogen-bond acceptors (Lipinski definition) is 3. The molecule has 2 fully saturated rings. The van der Waals surface area contributed by atoms with E-state index in [0.717, 1.165) is 57.8 Å². The van der Waals surface area contributed by atoms with Gasteiger partial charge in [-0.1, -0.05) is 13.3 Å². The van der Waals surface area contributed by atoms with Crippen molar-refractivity contribution in [1.82, 2.24) is 19.8 Å². The summed E-state index contributed by atoms with van der Waals surface area (Å²) in [5.41, 5.74) is 0. The van der Waals surface area contributed by atoms with Gasteiger partial charge in [0.2, 0.25) is 0 Å². The predicted octanol–water partition coefficient (Wildman–Crippen LogP) is 2.51. The molecule has 3 rings (SSSR count). The number of nitrogens with zero attached hydrogens (tertiary/aromatic N) is 4. The van der Waals surface area contributed by atoms with Crippen molar-refractivity contribution in [3.63, 3.8) is 0 Å². The number of likely N-dealkylation sites (tertiary alicyclic amines) is 1. The normalized spacial score (nSPS) is 30.2. The van der Waals surface area contributed by atoms with Gasteiger partial charge in [-0.2, -0.15) is 0 Å². The van der Waals surface area contributed by atoms with Gasteiger partial charge in [0.1, 0.15) is 0 Å². The third-order valence-electron chi connectivity index (χ3n) is 5.56. The third kappa shape index (κ3) is 5.09. The maximum Gasteiger partial charge on any atom is 0.193 e. The van der Waals surface area contributed by atoms with Gasteiger partial charge in [0.25, 0.3) is 0 Å². The van der Waals surface area contributed by atoms with Gasteiger partial charge in [0.15, 0.2) is 5.96 Å². The predicted molar refractivity (Wildman–Crippen MR) is 111 cm³/mol. The Labute approximate surface area is 168 Å². The Hall–Kier alpha value is -0.830. The number of aliphatic imine (C=N–C) groups is 1. The first-order chi connectivity index (χ1) is 11.7. The lowest BCUT2D eigenvalue weighted by molar-refractivity contribution is 0.136. The van der Waals surface area contributed by atoms with E-state index >= 15 is 0 Å². The number of rotatable bonds is 4. The van der Waals surface area contributed by atoms with Gasteiger partial charge < -0.3 is 19.9 Å². The fraction of sp³-hybridized carbons (Fsp3) is 0.778. The summed E-state index contributed by atoms with van der Waals surface area (Å²) < 4.78 is 2.22. The minimum atomic E-state index is -0.170. The highest BCUT2D eigenvalue weighted by Crippen LogP contribution is 2.28. The van der Waals surface area contributed by atoms with Crippen molar-refractivity contribution >= 4 is 29.9 Å². The zero-order chi connectivity index (χ0) is 16.9. The molecule has 2 heterocycles. The Morgan fingerprint density at radius 2 is 2.20 bits per heavy atom. The Morgan fingerprint density at radius 3 is 2.84 bits per heavy atom. The lowest BCUT2D eigenvalue weighted by Gasteiger charge is -2.39. The van der Waals surface area contributed by atoms with Crippen LogP contribution in [0.25, 0.3) is 0 Å². The molecule has 0 radical (unpaired) electrons. The monoisotopic (exact) mass is 461 g/mol. The molecule has 25 heavy (non-hydrogen) atoms. The Balaban J connectivity index is 0.00000225. The van der Waals surface area contributed by atoms with Crippen LogP contribution in [0, 0.1) is 11.8 Å². The standard InChI is InChI=1S/C18H31N5O.HI/c1-3-20-18(21-11-15-5-4-6-17(15)24)22-9-7-14(2)16(12-22)23-10-8-19-13-23;/h8,10,13-17,24H,3-7,9,11-12H2,1-2H3,(H,20,21);1H. The largest absolute Gasteiger partial charge is 0.393 e. The van der Waals surface area contributed by atoms with Crippen molar-refractivity contribution in [2.45, 2.75) is 51.7 Å². The molecule has 0 amide bonds. The van der Waals surface area contributed by atoms with E-state index in [1.54, 1.807) is 0 Å². The molecular weight excluding hydrogens is 429 g/mol. The molecule has 1 aromatic heterocycles. The van der Waals surface area contributed by atoms with E-state index in [1.165, 1.54) is 0 Å². The summed E-state index contributed by atoms with van der Waals surface area (Å²) in [6, 6.07) is 0.433. The zero-order valence-corrected chi connectivity index (χ0v) is 17.7. The molecule has 0 aromatic carbocycles. The molecule has 1 aromatic rings. The van der Waals surface area contributed by atoms with Crippen LogP contribution in [0.1, 0.15) is 45.6 Å². The molecule has 6 nitrogen and oxygen atoms in total. The molecule has 1 aliphatic carbocycles. The minimum absolute atomic E-state index is 0. The van der Waals surface area contributed by atoms with Gasteiger partial charge in [-0.3, -0.25) is 4.99 Å². The molecule has 2 aliphatic rings. The quantitative estimate of drug-likeness (QED) is 0.411. The molecule has 4 atom stereocenters. The van der Waals surface area contributed by atoms with Crippen molar-refractivity contribution < 1.29 is 5.11 Å². The molecule has 0 bridgehead atoms. The lowest BCUT2D eigenvalue weighted by atomic mass is 9.93. The summed E-state index contributed by atoms with van der Waals surface area (Å²) in [6.45, 7) is 8.02. The molecular formula is C18H32IN5O. The number of aliphatic hydroxyl groups is 1. The number of hydrogen-bond donors (Lipinski definition) is 2. The minimum Gasteiger partial charge on any atom is -0.393 e.